The predicted octanol–water partition coefficient (Wildman–Crippen LogP) is 2.01. The van der Waals surface area contributed by atoms with Gasteiger partial charge in [0.2, 0.25) is 0 Å². The summed E-state index contributed by atoms with van der Waals surface area (Å²) in [7, 11) is 0. The normalized spacial score (nSPS) is 35.6. The van der Waals surface area contributed by atoms with Crippen molar-refractivity contribution in [3.63, 3.8) is 0 Å². The minimum Gasteiger partial charge on any atom is -0.393 e. The van der Waals surface area contributed by atoms with Gasteiger partial charge in [-0.05, 0) is 11.1 Å². The maximum absolute atomic E-state index is 14.2. The van der Waals surface area contributed by atoms with Crippen molar-refractivity contribution in [3.8, 4) is 0 Å². The summed E-state index contributed by atoms with van der Waals surface area (Å²) in [6, 6.07) is 5.84. The Bertz CT molecular complexity index is 891. The lowest BCUT2D eigenvalue weighted by Gasteiger charge is -2.48. The summed E-state index contributed by atoms with van der Waals surface area (Å²) in [6.07, 6.45) is -5.46. The second kappa shape index (κ2) is 5.40. The van der Waals surface area contributed by atoms with E-state index in [1.165, 1.54) is 31.2 Å². The Morgan fingerprint density at radius 1 is 1.00 bits per heavy atom. The van der Waals surface area contributed by atoms with E-state index in [1.807, 2.05) is 0 Å². The minimum absolute atomic E-state index is 0.0943. The van der Waals surface area contributed by atoms with E-state index in [9.17, 15) is 32.3 Å². The van der Waals surface area contributed by atoms with Crippen LogP contribution < -0.4 is 0 Å². The number of cyclic esters (lactones) is 4. The number of hydrogen-bond donors (Lipinski definition) is 0. The van der Waals surface area contributed by atoms with E-state index in [1.54, 1.807) is 0 Å². The van der Waals surface area contributed by atoms with Crippen molar-refractivity contribution in [1.82, 2.24) is 0 Å². The molecule has 0 amide bonds. The van der Waals surface area contributed by atoms with Gasteiger partial charge in [0.15, 0.2) is 0 Å². The number of rotatable bonds is 1. The minimum atomic E-state index is -4.93. The van der Waals surface area contributed by atoms with Crippen LogP contribution in [0, 0.1) is 17.8 Å². The van der Waals surface area contributed by atoms with Crippen molar-refractivity contribution < 1.29 is 41.8 Å². The van der Waals surface area contributed by atoms with Gasteiger partial charge in [-0.3, -0.25) is 19.2 Å². The van der Waals surface area contributed by atoms with Crippen molar-refractivity contribution in [2.75, 3.05) is 0 Å². The first-order valence-electron chi connectivity index (χ1n) is 8.23. The number of fused-ring (bicyclic) bond motifs is 3. The van der Waals surface area contributed by atoms with E-state index in [0.29, 0.717) is 0 Å². The highest BCUT2D eigenvalue weighted by atomic mass is 19.4. The number of esters is 4. The first kappa shape index (κ1) is 17.7. The summed E-state index contributed by atoms with van der Waals surface area (Å²) in [5, 5.41) is 0. The van der Waals surface area contributed by atoms with Gasteiger partial charge in [-0.1, -0.05) is 31.2 Å². The van der Waals surface area contributed by atoms with E-state index in [0.717, 1.165) is 0 Å². The van der Waals surface area contributed by atoms with Gasteiger partial charge >= 0.3 is 30.1 Å². The number of ether oxygens (including phenoxy) is 2. The molecule has 0 radical (unpaired) electrons. The summed E-state index contributed by atoms with van der Waals surface area (Å²) in [5.41, 5.74) is -1.67. The van der Waals surface area contributed by atoms with E-state index in [2.05, 4.69) is 9.47 Å². The highest BCUT2D eigenvalue weighted by molar-refractivity contribution is 6.01. The Morgan fingerprint density at radius 2 is 1.67 bits per heavy atom. The molecule has 4 rings (SSSR count). The van der Waals surface area contributed by atoms with Crippen LogP contribution in [0.3, 0.4) is 0 Å². The standard InChI is InChI=1S/C18H13F3O6/c1-17(9-6-10(22)26-14(9)23)8-5-3-2-4-7(8)11-12(13(17)18(19,20)21)16(25)27-15(11)24/h2-5,9,11-13H,6H2,1H3. The highest BCUT2D eigenvalue weighted by Crippen LogP contribution is 2.61. The molecule has 5 unspecified atom stereocenters. The molecule has 0 spiro atoms. The molecule has 142 valence electrons. The van der Waals surface area contributed by atoms with Crippen LogP contribution in [0.4, 0.5) is 13.2 Å². The summed E-state index contributed by atoms with van der Waals surface area (Å²) in [5.74, 6) is -11.3. The lowest BCUT2D eigenvalue weighted by Crippen LogP contribution is -2.56. The zero-order valence-electron chi connectivity index (χ0n) is 13.9. The topological polar surface area (TPSA) is 86.7 Å². The fourth-order valence-corrected chi connectivity index (χ4v) is 4.84. The molecule has 2 fully saturated rings. The maximum atomic E-state index is 14.2. The van der Waals surface area contributed by atoms with Gasteiger partial charge in [0, 0.05) is 5.41 Å². The number of halogens is 3. The lowest BCUT2D eigenvalue weighted by atomic mass is 9.52. The maximum Gasteiger partial charge on any atom is 0.393 e. The number of carbonyl (C=O) groups excluding carboxylic acids is 4. The van der Waals surface area contributed by atoms with Crippen LogP contribution in [0.1, 0.15) is 30.4 Å². The number of alkyl halides is 3. The van der Waals surface area contributed by atoms with Gasteiger partial charge < -0.3 is 9.47 Å². The van der Waals surface area contributed by atoms with Crippen molar-refractivity contribution in [3.05, 3.63) is 35.4 Å². The van der Waals surface area contributed by atoms with Crippen LogP contribution in [-0.2, 0) is 34.1 Å². The lowest BCUT2D eigenvalue weighted by molar-refractivity contribution is -0.219. The Balaban J connectivity index is 2.03. The van der Waals surface area contributed by atoms with Gasteiger partial charge in [0.25, 0.3) is 0 Å². The third-order valence-corrected chi connectivity index (χ3v) is 5.91. The van der Waals surface area contributed by atoms with E-state index >= 15 is 0 Å². The van der Waals surface area contributed by atoms with E-state index in [-0.39, 0.29) is 11.1 Å². The van der Waals surface area contributed by atoms with E-state index < -0.39 is 65.6 Å². The van der Waals surface area contributed by atoms with Crippen LogP contribution in [0.15, 0.2) is 24.3 Å². The average molecular weight is 382 g/mol. The molecule has 3 aliphatic rings. The molecule has 0 aromatic heterocycles. The first-order chi connectivity index (χ1) is 12.6. The number of hydrogen-bond acceptors (Lipinski definition) is 6. The van der Waals surface area contributed by atoms with Crippen molar-refractivity contribution >= 4 is 23.9 Å². The Labute approximate surface area is 150 Å². The molecule has 0 saturated carbocycles. The molecular formula is C18H13F3O6. The summed E-state index contributed by atoms with van der Waals surface area (Å²) < 4.78 is 51.6. The monoisotopic (exact) mass is 382 g/mol. The van der Waals surface area contributed by atoms with Crippen LogP contribution in [0.5, 0.6) is 0 Å². The van der Waals surface area contributed by atoms with Crippen LogP contribution in [0.25, 0.3) is 0 Å². The third kappa shape index (κ3) is 2.26. The van der Waals surface area contributed by atoms with Crippen LogP contribution in [0.2, 0.25) is 0 Å². The third-order valence-electron chi connectivity index (χ3n) is 5.91. The summed E-state index contributed by atoms with van der Waals surface area (Å²) in [4.78, 5) is 48.2. The quantitative estimate of drug-likeness (QED) is 0.546. The largest absolute Gasteiger partial charge is 0.393 e. The molecule has 2 heterocycles. The predicted molar refractivity (Wildman–Crippen MR) is 79.9 cm³/mol. The average Bonchev–Trinajstić information content (AvgIpc) is 3.05. The number of benzene rings is 1. The molecule has 5 atom stereocenters. The van der Waals surface area contributed by atoms with Crippen LogP contribution >= 0.6 is 0 Å². The van der Waals surface area contributed by atoms with Gasteiger partial charge in [-0.15, -0.1) is 0 Å². The fourth-order valence-electron chi connectivity index (χ4n) is 4.84. The Hall–Kier alpha value is -2.71. The Morgan fingerprint density at radius 3 is 2.26 bits per heavy atom. The van der Waals surface area contributed by atoms with Crippen LogP contribution in [-0.4, -0.2) is 30.1 Å². The fraction of sp³-hybridized carbons (Fsp3) is 0.444. The van der Waals surface area contributed by atoms with Gasteiger partial charge in [-0.2, -0.15) is 13.2 Å². The molecule has 9 heteroatoms. The van der Waals surface area contributed by atoms with E-state index in [4.69, 9.17) is 0 Å². The zero-order chi connectivity index (χ0) is 19.7. The van der Waals surface area contributed by atoms with Gasteiger partial charge in [-0.25, -0.2) is 0 Å². The summed E-state index contributed by atoms with van der Waals surface area (Å²) in [6.45, 7) is 1.20. The van der Waals surface area contributed by atoms with Crippen molar-refractivity contribution in [2.24, 2.45) is 17.8 Å². The second-order valence-corrected chi connectivity index (χ2v) is 7.18. The molecule has 1 aromatic rings. The smallest absolute Gasteiger partial charge is 0.393 e. The molecule has 2 saturated heterocycles. The molecule has 1 aromatic carbocycles. The van der Waals surface area contributed by atoms with Gasteiger partial charge in [0.05, 0.1) is 30.1 Å². The molecule has 1 aliphatic carbocycles. The molecular weight excluding hydrogens is 369 g/mol. The SMILES string of the molecule is CC1(C2CC(=O)OC2=O)c2ccccc2C2C(=O)OC(=O)C2C1C(F)(F)F. The molecule has 27 heavy (non-hydrogen) atoms. The van der Waals surface area contributed by atoms with Gasteiger partial charge in [0.1, 0.15) is 0 Å². The zero-order valence-corrected chi connectivity index (χ0v) is 13.9. The molecule has 0 bridgehead atoms. The highest BCUT2D eigenvalue weighted by Gasteiger charge is 2.70. The van der Waals surface area contributed by atoms with Crippen molar-refractivity contribution in [2.45, 2.75) is 30.9 Å². The summed E-state index contributed by atoms with van der Waals surface area (Å²) >= 11 is 0. The number of carbonyl (C=O) groups is 4. The second-order valence-electron chi connectivity index (χ2n) is 7.18. The Kier molecular flexibility index (Phi) is 3.54. The molecule has 0 N–H and O–H groups in total. The molecule has 2 aliphatic heterocycles. The molecule has 6 nitrogen and oxygen atoms in total. The first-order valence-corrected chi connectivity index (χ1v) is 8.23. The van der Waals surface area contributed by atoms with Crippen molar-refractivity contribution in [1.29, 1.82) is 0 Å².